The number of aromatic nitrogens is 3. The number of anilines is 1. The Balaban J connectivity index is 1.16. The van der Waals surface area contributed by atoms with Crippen LogP contribution in [0, 0.1) is 11.3 Å². The normalized spacial score (nSPS) is 23.5. The van der Waals surface area contributed by atoms with E-state index in [9.17, 15) is 0 Å². The first-order valence-corrected chi connectivity index (χ1v) is 11.0. The van der Waals surface area contributed by atoms with Gasteiger partial charge in [-0.05, 0) is 42.5 Å². The summed E-state index contributed by atoms with van der Waals surface area (Å²) in [6.07, 6.45) is 1.56. The summed E-state index contributed by atoms with van der Waals surface area (Å²) in [4.78, 5) is 0. The lowest BCUT2D eigenvalue weighted by Gasteiger charge is -2.20. The molecule has 3 aromatic rings. The van der Waals surface area contributed by atoms with Crippen LogP contribution in [0.15, 0.2) is 60.8 Å². The van der Waals surface area contributed by atoms with E-state index in [0.29, 0.717) is 30.5 Å². The van der Waals surface area contributed by atoms with Gasteiger partial charge in [0.2, 0.25) is 0 Å². The van der Waals surface area contributed by atoms with Crippen LogP contribution >= 0.6 is 12.2 Å². The number of hydrogen-bond acceptors (Lipinski definition) is 7. The summed E-state index contributed by atoms with van der Waals surface area (Å²) in [6, 6.07) is 18.7. The zero-order valence-electron chi connectivity index (χ0n) is 17.6. The second-order valence-corrected chi connectivity index (χ2v) is 8.26. The molecule has 2 saturated heterocycles. The lowest BCUT2D eigenvalue weighted by molar-refractivity contribution is 0.0624. The van der Waals surface area contributed by atoms with Crippen LogP contribution in [0.5, 0.6) is 5.75 Å². The van der Waals surface area contributed by atoms with Gasteiger partial charge in [-0.1, -0.05) is 29.5 Å². The average molecular weight is 463 g/mol. The molecular formula is C23H22N6O3S. The van der Waals surface area contributed by atoms with Gasteiger partial charge in [-0.2, -0.15) is 5.26 Å². The van der Waals surface area contributed by atoms with Crippen molar-refractivity contribution >= 4 is 23.0 Å². The van der Waals surface area contributed by atoms with Crippen molar-refractivity contribution < 1.29 is 14.2 Å². The number of para-hydroxylation sites is 1. The fraction of sp³-hybridized carbons (Fsp3) is 0.304. The van der Waals surface area contributed by atoms with Gasteiger partial charge in [-0.15, -0.1) is 5.10 Å². The summed E-state index contributed by atoms with van der Waals surface area (Å²) < 4.78 is 19.6. The number of thiocarbonyl (C=S) groups is 1. The zero-order valence-corrected chi connectivity index (χ0v) is 18.4. The monoisotopic (exact) mass is 462 g/mol. The van der Waals surface area contributed by atoms with Crippen LogP contribution in [-0.2, 0) is 16.1 Å². The molecule has 4 atom stereocenters. The highest BCUT2D eigenvalue weighted by atomic mass is 32.1. The Hall–Kier alpha value is -3.52. The molecule has 10 heteroatoms. The molecule has 2 aromatic carbocycles. The second-order valence-electron chi connectivity index (χ2n) is 7.85. The highest BCUT2D eigenvalue weighted by Crippen LogP contribution is 2.34. The molecule has 2 N–H and O–H groups in total. The van der Waals surface area contributed by atoms with Crippen LogP contribution in [0.4, 0.5) is 5.69 Å². The Kier molecular flexibility index (Phi) is 6.17. The summed E-state index contributed by atoms with van der Waals surface area (Å²) in [6.45, 7) is 1.27. The maximum absolute atomic E-state index is 9.05. The number of nitrogens with zero attached hydrogens (tertiary/aromatic N) is 4. The number of fused-ring (bicyclic) bond motifs is 1. The fourth-order valence-electron chi connectivity index (χ4n) is 4.05. The molecule has 2 aliphatic heterocycles. The van der Waals surface area contributed by atoms with Gasteiger partial charge in [-0.25, -0.2) is 4.68 Å². The molecule has 0 amide bonds. The first kappa shape index (κ1) is 21.3. The first-order valence-electron chi connectivity index (χ1n) is 10.6. The van der Waals surface area contributed by atoms with Gasteiger partial charge in [0, 0.05) is 5.69 Å². The molecule has 3 heterocycles. The Labute approximate surface area is 196 Å². The molecule has 0 spiro atoms. The van der Waals surface area contributed by atoms with Crippen molar-refractivity contribution in [1.29, 1.82) is 5.26 Å². The summed E-state index contributed by atoms with van der Waals surface area (Å²) in [5.41, 5.74) is 2.05. The van der Waals surface area contributed by atoms with Crippen molar-refractivity contribution in [3.63, 3.8) is 0 Å². The summed E-state index contributed by atoms with van der Waals surface area (Å²) in [7, 11) is 0. The quantitative estimate of drug-likeness (QED) is 0.534. The van der Waals surface area contributed by atoms with E-state index in [1.165, 1.54) is 0 Å². The molecule has 4 unspecified atom stereocenters. The van der Waals surface area contributed by atoms with Crippen molar-refractivity contribution in [2.24, 2.45) is 0 Å². The second kappa shape index (κ2) is 9.54. The van der Waals surface area contributed by atoms with Gasteiger partial charge in [0.1, 0.15) is 36.3 Å². The van der Waals surface area contributed by atoms with Crippen LogP contribution < -0.4 is 15.4 Å². The van der Waals surface area contributed by atoms with E-state index in [1.54, 1.807) is 22.9 Å². The number of nitriles is 1. The van der Waals surface area contributed by atoms with Crippen LogP contribution in [0.25, 0.3) is 0 Å². The van der Waals surface area contributed by atoms with Crippen molar-refractivity contribution in [2.45, 2.75) is 30.9 Å². The minimum Gasteiger partial charge on any atom is -0.487 e. The van der Waals surface area contributed by atoms with E-state index < -0.39 is 0 Å². The fourth-order valence-corrected chi connectivity index (χ4v) is 4.32. The molecule has 1 aromatic heterocycles. The molecule has 5 rings (SSSR count). The minimum absolute atomic E-state index is 0.0754. The standard InChI is InChI=1S/C23H22N6O3S/c24-10-15-5-4-6-16(9-15)25-23(33)26-19-13-31-22-20(14-32-21(19)22)29-11-17(27-28-29)12-30-18-7-2-1-3-8-18/h1-9,11,19-22H,12-14H2,(H2,25,26,33). The molecule has 168 valence electrons. The van der Waals surface area contributed by atoms with E-state index in [2.05, 4.69) is 27.0 Å². The highest BCUT2D eigenvalue weighted by Gasteiger charge is 2.49. The van der Waals surface area contributed by atoms with E-state index >= 15 is 0 Å². The number of ether oxygens (including phenoxy) is 3. The third-order valence-corrected chi connectivity index (χ3v) is 5.84. The van der Waals surface area contributed by atoms with Crippen molar-refractivity contribution in [1.82, 2.24) is 20.3 Å². The van der Waals surface area contributed by atoms with Crippen LogP contribution in [0.3, 0.4) is 0 Å². The van der Waals surface area contributed by atoms with E-state index in [-0.39, 0.29) is 24.3 Å². The molecule has 0 bridgehead atoms. The molecule has 2 fully saturated rings. The summed E-state index contributed by atoms with van der Waals surface area (Å²) in [5, 5.41) is 24.4. The van der Waals surface area contributed by atoms with Crippen molar-refractivity contribution in [3.8, 4) is 11.8 Å². The largest absolute Gasteiger partial charge is 0.487 e. The van der Waals surface area contributed by atoms with Gasteiger partial charge in [-0.3, -0.25) is 0 Å². The van der Waals surface area contributed by atoms with E-state index in [1.807, 2.05) is 42.6 Å². The molecule has 0 saturated carbocycles. The summed E-state index contributed by atoms with van der Waals surface area (Å²) >= 11 is 5.45. The third kappa shape index (κ3) is 4.80. The van der Waals surface area contributed by atoms with Crippen molar-refractivity contribution in [3.05, 3.63) is 72.1 Å². The Morgan fingerprint density at radius 2 is 2.00 bits per heavy atom. The predicted octanol–water partition coefficient (Wildman–Crippen LogP) is 2.42. The van der Waals surface area contributed by atoms with E-state index in [4.69, 9.17) is 31.7 Å². The SMILES string of the molecule is N#Cc1cccc(NC(=S)NC2COC3C2OCC3n2cc(COc3ccccc3)nn2)c1. The third-order valence-electron chi connectivity index (χ3n) is 5.62. The van der Waals surface area contributed by atoms with Gasteiger partial charge >= 0.3 is 0 Å². The smallest absolute Gasteiger partial charge is 0.171 e. The minimum atomic E-state index is -0.159. The molecule has 33 heavy (non-hydrogen) atoms. The summed E-state index contributed by atoms with van der Waals surface area (Å²) in [5.74, 6) is 0.785. The zero-order chi connectivity index (χ0) is 22.6. The van der Waals surface area contributed by atoms with Crippen LogP contribution in [0.1, 0.15) is 17.3 Å². The molecule has 9 nitrogen and oxygen atoms in total. The van der Waals surface area contributed by atoms with Gasteiger partial charge in [0.25, 0.3) is 0 Å². The Bertz CT molecular complexity index is 1160. The first-order chi connectivity index (χ1) is 16.2. The van der Waals surface area contributed by atoms with Gasteiger partial charge in [0.15, 0.2) is 5.11 Å². The maximum Gasteiger partial charge on any atom is 0.171 e. The molecule has 2 aliphatic rings. The number of hydrogen-bond donors (Lipinski definition) is 2. The number of nitrogens with one attached hydrogen (secondary N) is 2. The lowest BCUT2D eigenvalue weighted by Crippen LogP contribution is -2.45. The molecule has 0 aliphatic carbocycles. The maximum atomic E-state index is 9.05. The van der Waals surface area contributed by atoms with Crippen LogP contribution in [-0.4, -0.2) is 51.6 Å². The lowest BCUT2D eigenvalue weighted by atomic mass is 10.1. The topological polar surface area (TPSA) is 106 Å². The highest BCUT2D eigenvalue weighted by molar-refractivity contribution is 7.80. The van der Waals surface area contributed by atoms with Crippen molar-refractivity contribution in [2.75, 3.05) is 18.5 Å². The number of benzene rings is 2. The predicted molar refractivity (Wildman–Crippen MR) is 124 cm³/mol. The molecule has 0 radical (unpaired) electrons. The number of rotatable bonds is 6. The Morgan fingerprint density at radius 3 is 2.85 bits per heavy atom. The van der Waals surface area contributed by atoms with Gasteiger partial charge in [0.05, 0.1) is 37.1 Å². The average Bonchev–Trinajstić information content (AvgIpc) is 3.56. The Morgan fingerprint density at radius 1 is 1.15 bits per heavy atom. The van der Waals surface area contributed by atoms with Gasteiger partial charge < -0.3 is 24.8 Å². The van der Waals surface area contributed by atoms with E-state index in [0.717, 1.165) is 17.1 Å². The molecular weight excluding hydrogens is 440 g/mol. The van der Waals surface area contributed by atoms with Crippen LogP contribution in [0.2, 0.25) is 0 Å².